The standard InChI is InChI=1S/C15H25N3O/c1-5-12-7-9-13(10-8-12)14(18(3)4)11-17-15(19)16-6-2/h7-10,14H,5-6,11H2,1-4H3,(H2,16,17,19)/t14-/m0/s1. The molecular weight excluding hydrogens is 238 g/mol. The molecule has 4 heteroatoms. The summed E-state index contributed by atoms with van der Waals surface area (Å²) in [7, 11) is 4.05. The van der Waals surface area contributed by atoms with Crippen LogP contribution in [0.25, 0.3) is 0 Å². The number of nitrogens with one attached hydrogen (secondary N) is 2. The van der Waals surface area contributed by atoms with Crippen molar-refractivity contribution >= 4 is 6.03 Å². The van der Waals surface area contributed by atoms with Crippen LogP contribution >= 0.6 is 0 Å². The second-order valence-electron chi connectivity index (χ2n) is 4.81. The average molecular weight is 263 g/mol. The van der Waals surface area contributed by atoms with Crippen LogP contribution in [-0.2, 0) is 6.42 Å². The van der Waals surface area contributed by atoms with E-state index >= 15 is 0 Å². The molecule has 1 atom stereocenters. The van der Waals surface area contributed by atoms with E-state index in [0.29, 0.717) is 13.1 Å². The summed E-state index contributed by atoms with van der Waals surface area (Å²) < 4.78 is 0. The first-order valence-corrected chi connectivity index (χ1v) is 6.85. The first kappa shape index (κ1) is 15.5. The number of benzene rings is 1. The third-order valence-corrected chi connectivity index (χ3v) is 3.19. The van der Waals surface area contributed by atoms with Crippen LogP contribution in [0.1, 0.15) is 31.0 Å². The summed E-state index contributed by atoms with van der Waals surface area (Å²) in [5.41, 5.74) is 2.55. The van der Waals surface area contributed by atoms with E-state index in [2.05, 4.69) is 46.7 Å². The summed E-state index contributed by atoms with van der Waals surface area (Å²) in [5.74, 6) is 0. The molecule has 2 amide bonds. The number of hydrogen-bond donors (Lipinski definition) is 2. The van der Waals surface area contributed by atoms with E-state index in [1.165, 1.54) is 11.1 Å². The van der Waals surface area contributed by atoms with Gasteiger partial charge in [-0.15, -0.1) is 0 Å². The third kappa shape index (κ3) is 4.91. The predicted molar refractivity (Wildman–Crippen MR) is 79.3 cm³/mol. The Bertz CT molecular complexity index is 387. The summed E-state index contributed by atoms with van der Waals surface area (Å²) in [4.78, 5) is 13.6. The number of carbonyl (C=O) groups excluding carboxylic acids is 1. The van der Waals surface area contributed by atoms with Crippen LogP contribution in [0.4, 0.5) is 4.79 Å². The van der Waals surface area contributed by atoms with Crippen molar-refractivity contribution in [3.63, 3.8) is 0 Å². The normalized spacial score (nSPS) is 12.3. The lowest BCUT2D eigenvalue weighted by Gasteiger charge is -2.25. The highest BCUT2D eigenvalue weighted by molar-refractivity contribution is 5.73. The molecule has 0 fully saturated rings. The number of carbonyl (C=O) groups is 1. The molecule has 4 nitrogen and oxygen atoms in total. The average Bonchev–Trinajstić information content (AvgIpc) is 2.39. The number of nitrogens with zero attached hydrogens (tertiary/aromatic N) is 1. The van der Waals surface area contributed by atoms with Crippen molar-refractivity contribution in [3.8, 4) is 0 Å². The molecular formula is C15H25N3O. The quantitative estimate of drug-likeness (QED) is 0.826. The highest BCUT2D eigenvalue weighted by Gasteiger charge is 2.14. The van der Waals surface area contributed by atoms with Crippen molar-refractivity contribution in [1.29, 1.82) is 0 Å². The molecule has 0 heterocycles. The molecule has 0 aliphatic rings. The number of likely N-dealkylation sites (N-methyl/N-ethyl adjacent to an activating group) is 1. The van der Waals surface area contributed by atoms with Gasteiger partial charge in [0.15, 0.2) is 0 Å². The van der Waals surface area contributed by atoms with Gasteiger partial charge in [-0.1, -0.05) is 31.2 Å². The zero-order valence-corrected chi connectivity index (χ0v) is 12.4. The lowest BCUT2D eigenvalue weighted by Crippen LogP contribution is -2.40. The van der Waals surface area contributed by atoms with Crippen molar-refractivity contribution in [2.45, 2.75) is 26.3 Å². The molecule has 0 saturated carbocycles. The highest BCUT2D eigenvalue weighted by atomic mass is 16.2. The summed E-state index contributed by atoms with van der Waals surface area (Å²) >= 11 is 0. The molecule has 0 bridgehead atoms. The lowest BCUT2D eigenvalue weighted by atomic mass is 10.0. The highest BCUT2D eigenvalue weighted by Crippen LogP contribution is 2.18. The number of aryl methyl sites for hydroxylation is 1. The molecule has 0 unspecified atom stereocenters. The minimum atomic E-state index is -0.112. The van der Waals surface area contributed by atoms with Crippen molar-refractivity contribution in [1.82, 2.24) is 15.5 Å². The second-order valence-corrected chi connectivity index (χ2v) is 4.81. The van der Waals surface area contributed by atoms with Crippen molar-refractivity contribution in [3.05, 3.63) is 35.4 Å². The van der Waals surface area contributed by atoms with Crippen LogP contribution in [0.3, 0.4) is 0 Å². The zero-order chi connectivity index (χ0) is 14.3. The zero-order valence-electron chi connectivity index (χ0n) is 12.4. The molecule has 1 aromatic carbocycles. The van der Waals surface area contributed by atoms with Gasteiger partial charge < -0.3 is 15.5 Å². The summed E-state index contributed by atoms with van der Waals surface area (Å²) in [6.45, 7) is 5.30. The predicted octanol–water partition coefficient (Wildman–Crippen LogP) is 2.17. The Morgan fingerprint density at radius 3 is 2.26 bits per heavy atom. The maximum Gasteiger partial charge on any atom is 0.314 e. The molecule has 0 radical (unpaired) electrons. The molecule has 19 heavy (non-hydrogen) atoms. The number of rotatable bonds is 6. The van der Waals surface area contributed by atoms with Gasteiger partial charge in [0.1, 0.15) is 0 Å². The van der Waals surface area contributed by atoms with Gasteiger partial charge in [0, 0.05) is 13.1 Å². The topological polar surface area (TPSA) is 44.4 Å². The van der Waals surface area contributed by atoms with Gasteiger partial charge in [-0.3, -0.25) is 0 Å². The van der Waals surface area contributed by atoms with Gasteiger partial charge in [-0.2, -0.15) is 0 Å². The van der Waals surface area contributed by atoms with Gasteiger partial charge in [-0.05, 0) is 38.6 Å². The van der Waals surface area contributed by atoms with E-state index in [4.69, 9.17) is 0 Å². The van der Waals surface area contributed by atoms with Crippen molar-refractivity contribution in [2.75, 3.05) is 27.2 Å². The molecule has 0 aliphatic heterocycles. The fourth-order valence-corrected chi connectivity index (χ4v) is 1.99. The van der Waals surface area contributed by atoms with Gasteiger partial charge >= 0.3 is 6.03 Å². The van der Waals surface area contributed by atoms with E-state index in [-0.39, 0.29) is 12.1 Å². The van der Waals surface area contributed by atoms with E-state index in [1.54, 1.807) is 0 Å². The SMILES string of the molecule is CCNC(=O)NC[C@@H](c1ccc(CC)cc1)N(C)C. The van der Waals surface area contributed by atoms with Gasteiger partial charge in [0.2, 0.25) is 0 Å². The number of urea groups is 1. The van der Waals surface area contributed by atoms with Gasteiger partial charge in [0.05, 0.1) is 6.04 Å². The van der Waals surface area contributed by atoms with E-state index in [9.17, 15) is 4.79 Å². The molecule has 0 aromatic heterocycles. The molecule has 1 aromatic rings. The lowest BCUT2D eigenvalue weighted by molar-refractivity contribution is 0.233. The van der Waals surface area contributed by atoms with Gasteiger partial charge in [-0.25, -0.2) is 4.79 Å². The van der Waals surface area contributed by atoms with Crippen LogP contribution in [0.5, 0.6) is 0 Å². The Labute approximate surface area is 116 Å². The molecule has 2 N–H and O–H groups in total. The number of amides is 2. The Kier molecular flexibility index (Phi) is 6.36. The number of hydrogen-bond acceptors (Lipinski definition) is 2. The largest absolute Gasteiger partial charge is 0.338 e. The van der Waals surface area contributed by atoms with Gasteiger partial charge in [0.25, 0.3) is 0 Å². The van der Waals surface area contributed by atoms with Crippen LogP contribution in [0.2, 0.25) is 0 Å². The van der Waals surface area contributed by atoms with E-state index in [0.717, 1.165) is 6.42 Å². The first-order chi connectivity index (χ1) is 9.08. The van der Waals surface area contributed by atoms with E-state index in [1.807, 2.05) is 21.0 Å². The minimum absolute atomic E-state index is 0.112. The monoisotopic (exact) mass is 263 g/mol. The molecule has 0 spiro atoms. The second kappa shape index (κ2) is 7.79. The summed E-state index contributed by atoms with van der Waals surface area (Å²) in [6.07, 6.45) is 1.05. The Morgan fingerprint density at radius 2 is 1.79 bits per heavy atom. The molecule has 1 rings (SSSR count). The minimum Gasteiger partial charge on any atom is -0.338 e. The summed E-state index contributed by atoms with van der Waals surface area (Å²) in [6, 6.07) is 8.66. The van der Waals surface area contributed by atoms with Crippen LogP contribution in [-0.4, -0.2) is 38.1 Å². The maximum absolute atomic E-state index is 11.5. The van der Waals surface area contributed by atoms with Crippen molar-refractivity contribution < 1.29 is 4.79 Å². The maximum atomic E-state index is 11.5. The van der Waals surface area contributed by atoms with Crippen LogP contribution in [0, 0.1) is 0 Å². The van der Waals surface area contributed by atoms with E-state index < -0.39 is 0 Å². The summed E-state index contributed by atoms with van der Waals surface area (Å²) in [5, 5.41) is 5.64. The molecule has 0 aliphatic carbocycles. The third-order valence-electron chi connectivity index (χ3n) is 3.19. The molecule has 0 saturated heterocycles. The van der Waals surface area contributed by atoms with Crippen molar-refractivity contribution in [2.24, 2.45) is 0 Å². The Hall–Kier alpha value is -1.55. The smallest absolute Gasteiger partial charge is 0.314 e. The Morgan fingerprint density at radius 1 is 1.16 bits per heavy atom. The fourth-order valence-electron chi connectivity index (χ4n) is 1.99. The first-order valence-electron chi connectivity index (χ1n) is 6.85. The van der Waals surface area contributed by atoms with Crippen LogP contribution in [0.15, 0.2) is 24.3 Å². The Balaban J connectivity index is 2.68. The fraction of sp³-hybridized carbons (Fsp3) is 0.533. The van der Waals surface area contributed by atoms with Crippen LogP contribution < -0.4 is 10.6 Å². The molecule has 106 valence electrons.